The first-order chi connectivity index (χ1) is 13.5. The van der Waals surface area contributed by atoms with Crippen molar-refractivity contribution in [2.45, 2.75) is 37.1 Å². The zero-order valence-corrected chi connectivity index (χ0v) is 17.0. The zero-order chi connectivity index (χ0) is 19.8. The normalized spacial score (nSPS) is 12.9. The summed E-state index contributed by atoms with van der Waals surface area (Å²) in [5.41, 5.74) is 1.36. The monoisotopic (exact) mass is 397 g/mol. The number of sulfonamides is 1. The van der Waals surface area contributed by atoms with Crippen molar-refractivity contribution in [2.24, 2.45) is 0 Å². The summed E-state index contributed by atoms with van der Waals surface area (Å²) < 4.78 is 28.0. The van der Waals surface area contributed by atoms with Crippen LogP contribution < -0.4 is 10.0 Å². The fourth-order valence-electron chi connectivity index (χ4n) is 3.15. The zero-order valence-electron chi connectivity index (χ0n) is 16.1. The van der Waals surface area contributed by atoms with Gasteiger partial charge in [0, 0.05) is 30.4 Å². The van der Waals surface area contributed by atoms with Crippen molar-refractivity contribution < 1.29 is 8.42 Å². The first-order valence-corrected chi connectivity index (χ1v) is 11.1. The van der Waals surface area contributed by atoms with Crippen LogP contribution in [0, 0.1) is 0 Å². The highest BCUT2D eigenvalue weighted by atomic mass is 32.2. The number of aryl methyl sites for hydroxylation is 1. The lowest BCUT2D eigenvalue weighted by atomic mass is 10.1. The molecule has 1 aromatic heterocycles. The quantitative estimate of drug-likeness (QED) is 0.514. The molecular formula is C22H27N3O2S. The molecule has 0 saturated carbocycles. The van der Waals surface area contributed by atoms with Crippen LogP contribution in [0.1, 0.15) is 25.3 Å². The Balaban J connectivity index is 1.42. The maximum Gasteiger partial charge on any atom is 0.240 e. The van der Waals surface area contributed by atoms with E-state index < -0.39 is 10.0 Å². The lowest BCUT2D eigenvalue weighted by molar-refractivity contribution is 0.528. The topological polar surface area (TPSA) is 71.1 Å². The third kappa shape index (κ3) is 5.86. The molecule has 3 aromatic rings. The van der Waals surface area contributed by atoms with Crippen LogP contribution in [-0.4, -0.2) is 32.5 Å². The molecule has 148 valence electrons. The molecule has 0 spiro atoms. The van der Waals surface area contributed by atoms with Crippen LogP contribution in [0.4, 0.5) is 0 Å². The SMILES string of the molecule is C[C@H](CNCCCCc1ccccc1)NS(=O)(=O)c1ccc2cnccc2c1. The minimum atomic E-state index is -3.54. The Hall–Kier alpha value is -2.28. The van der Waals surface area contributed by atoms with Gasteiger partial charge in [-0.05, 0) is 61.9 Å². The van der Waals surface area contributed by atoms with Gasteiger partial charge in [0.2, 0.25) is 10.0 Å². The molecule has 28 heavy (non-hydrogen) atoms. The summed E-state index contributed by atoms with van der Waals surface area (Å²) in [7, 11) is -3.54. The minimum Gasteiger partial charge on any atom is -0.315 e. The average molecular weight is 398 g/mol. The molecule has 2 aromatic carbocycles. The first-order valence-electron chi connectivity index (χ1n) is 9.65. The fraction of sp³-hybridized carbons (Fsp3) is 0.318. The van der Waals surface area contributed by atoms with Crippen LogP contribution in [0.2, 0.25) is 0 Å². The number of benzene rings is 2. The van der Waals surface area contributed by atoms with Crippen molar-refractivity contribution >= 4 is 20.8 Å². The number of nitrogens with one attached hydrogen (secondary N) is 2. The summed E-state index contributed by atoms with van der Waals surface area (Å²) in [5, 5.41) is 5.13. The Morgan fingerprint density at radius 2 is 1.82 bits per heavy atom. The minimum absolute atomic E-state index is 0.188. The second-order valence-corrected chi connectivity index (χ2v) is 8.77. The number of nitrogens with zero attached hydrogens (tertiary/aromatic N) is 1. The van der Waals surface area contributed by atoms with Gasteiger partial charge in [-0.25, -0.2) is 13.1 Å². The van der Waals surface area contributed by atoms with Crippen molar-refractivity contribution in [3.8, 4) is 0 Å². The Morgan fingerprint density at radius 1 is 1.00 bits per heavy atom. The summed E-state index contributed by atoms with van der Waals surface area (Å²) in [6.07, 6.45) is 6.64. The van der Waals surface area contributed by atoms with E-state index in [1.165, 1.54) is 5.56 Å². The summed E-state index contributed by atoms with van der Waals surface area (Å²) in [6, 6.07) is 17.2. The molecule has 1 heterocycles. The second-order valence-electron chi connectivity index (χ2n) is 7.05. The molecular weight excluding hydrogens is 370 g/mol. The number of pyridine rings is 1. The number of hydrogen-bond donors (Lipinski definition) is 2. The highest BCUT2D eigenvalue weighted by Crippen LogP contribution is 2.18. The van der Waals surface area contributed by atoms with E-state index in [1.54, 1.807) is 30.6 Å². The van der Waals surface area contributed by atoms with Gasteiger partial charge >= 0.3 is 0 Å². The standard InChI is InChI=1S/C22H27N3O2S/c1-18(16-23-13-6-5-9-19-7-3-2-4-8-19)25-28(26,27)22-11-10-21-17-24-14-12-20(21)15-22/h2-4,7-8,10-12,14-15,17-18,23,25H,5-6,9,13,16H2,1H3/t18-/m1/s1. The van der Waals surface area contributed by atoms with E-state index in [-0.39, 0.29) is 10.9 Å². The van der Waals surface area contributed by atoms with Crippen molar-refractivity contribution in [3.63, 3.8) is 0 Å². The number of hydrogen-bond acceptors (Lipinski definition) is 4. The Bertz CT molecular complexity index is 991. The third-order valence-corrected chi connectivity index (χ3v) is 6.23. The Labute approximate surface area is 167 Å². The average Bonchev–Trinajstić information content (AvgIpc) is 2.70. The maximum atomic E-state index is 12.6. The van der Waals surface area contributed by atoms with Gasteiger partial charge in [0.25, 0.3) is 0 Å². The molecule has 0 radical (unpaired) electrons. The molecule has 0 aliphatic heterocycles. The van der Waals surface area contributed by atoms with E-state index in [9.17, 15) is 8.42 Å². The molecule has 0 saturated heterocycles. The summed E-state index contributed by atoms with van der Waals surface area (Å²) in [5.74, 6) is 0. The van der Waals surface area contributed by atoms with E-state index in [2.05, 4.69) is 39.3 Å². The molecule has 0 unspecified atom stereocenters. The van der Waals surface area contributed by atoms with E-state index >= 15 is 0 Å². The molecule has 6 heteroatoms. The smallest absolute Gasteiger partial charge is 0.240 e. The van der Waals surface area contributed by atoms with Crippen molar-refractivity contribution in [3.05, 3.63) is 72.6 Å². The maximum absolute atomic E-state index is 12.6. The molecule has 5 nitrogen and oxygen atoms in total. The molecule has 2 N–H and O–H groups in total. The molecule has 3 rings (SSSR count). The second kappa shape index (κ2) is 9.78. The first kappa shape index (κ1) is 20.5. The molecule has 0 aliphatic rings. The Morgan fingerprint density at radius 3 is 2.64 bits per heavy atom. The van der Waals surface area contributed by atoms with Gasteiger partial charge in [0.1, 0.15) is 0 Å². The number of rotatable bonds is 10. The van der Waals surface area contributed by atoms with Gasteiger partial charge in [-0.2, -0.15) is 0 Å². The van der Waals surface area contributed by atoms with Crippen molar-refractivity contribution in [1.29, 1.82) is 0 Å². The summed E-state index contributed by atoms with van der Waals surface area (Å²) in [6.45, 7) is 3.35. The van der Waals surface area contributed by atoms with Crippen molar-refractivity contribution in [1.82, 2.24) is 15.0 Å². The summed E-state index contributed by atoms with van der Waals surface area (Å²) >= 11 is 0. The van der Waals surface area contributed by atoms with Gasteiger partial charge in [-0.15, -0.1) is 0 Å². The predicted molar refractivity (Wildman–Crippen MR) is 114 cm³/mol. The summed E-state index contributed by atoms with van der Waals surface area (Å²) in [4.78, 5) is 4.33. The predicted octanol–water partition coefficient (Wildman–Crippen LogP) is 3.51. The van der Waals surface area contributed by atoms with Gasteiger partial charge in [-0.3, -0.25) is 4.98 Å². The number of aromatic nitrogens is 1. The molecule has 0 amide bonds. The van der Waals surface area contributed by atoms with Crippen LogP contribution in [0.5, 0.6) is 0 Å². The van der Waals surface area contributed by atoms with Crippen LogP contribution in [0.15, 0.2) is 71.9 Å². The molecule has 0 fully saturated rings. The lowest BCUT2D eigenvalue weighted by Crippen LogP contribution is -2.40. The van der Waals surface area contributed by atoms with E-state index in [0.29, 0.717) is 6.54 Å². The Kier molecular flexibility index (Phi) is 7.14. The highest BCUT2D eigenvalue weighted by Gasteiger charge is 2.17. The number of fused-ring (bicyclic) bond motifs is 1. The van der Waals surface area contributed by atoms with Gasteiger partial charge in [-0.1, -0.05) is 36.4 Å². The number of unbranched alkanes of at least 4 members (excludes halogenated alkanes) is 1. The van der Waals surface area contributed by atoms with Crippen LogP contribution in [-0.2, 0) is 16.4 Å². The van der Waals surface area contributed by atoms with Gasteiger partial charge in [0.15, 0.2) is 0 Å². The molecule has 0 bridgehead atoms. The lowest BCUT2D eigenvalue weighted by Gasteiger charge is -2.15. The van der Waals surface area contributed by atoms with E-state index in [4.69, 9.17) is 0 Å². The van der Waals surface area contributed by atoms with Crippen LogP contribution in [0.25, 0.3) is 10.8 Å². The van der Waals surface area contributed by atoms with E-state index in [1.807, 2.05) is 19.1 Å². The van der Waals surface area contributed by atoms with Crippen LogP contribution >= 0.6 is 0 Å². The van der Waals surface area contributed by atoms with Gasteiger partial charge in [0.05, 0.1) is 4.90 Å². The fourth-order valence-corrected chi connectivity index (χ4v) is 4.42. The largest absolute Gasteiger partial charge is 0.315 e. The van der Waals surface area contributed by atoms with Crippen molar-refractivity contribution in [2.75, 3.05) is 13.1 Å². The third-order valence-electron chi connectivity index (χ3n) is 4.64. The van der Waals surface area contributed by atoms with E-state index in [0.717, 1.165) is 36.6 Å². The highest BCUT2D eigenvalue weighted by molar-refractivity contribution is 7.89. The van der Waals surface area contributed by atoms with Crippen LogP contribution in [0.3, 0.4) is 0 Å². The molecule has 1 atom stereocenters. The van der Waals surface area contributed by atoms with Gasteiger partial charge < -0.3 is 5.32 Å². The molecule has 0 aliphatic carbocycles.